The highest BCUT2D eigenvalue weighted by Gasteiger charge is 2.11. The van der Waals surface area contributed by atoms with Crippen molar-refractivity contribution in [2.24, 2.45) is 0 Å². The van der Waals surface area contributed by atoms with Gasteiger partial charge in [-0.3, -0.25) is 14.4 Å². The third-order valence-corrected chi connectivity index (χ3v) is 6.83. The maximum Gasteiger partial charge on any atom is 0.251 e. The molecular formula is C29H31N7O4S. The van der Waals surface area contributed by atoms with Crippen molar-refractivity contribution in [1.29, 1.82) is 0 Å². The van der Waals surface area contributed by atoms with E-state index in [-0.39, 0.29) is 30.6 Å². The van der Waals surface area contributed by atoms with Gasteiger partial charge in [-0.25, -0.2) is 0 Å². The molecule has 0 aliphatic carbocycles. The van der Waals surface area contributed by atoms with Gasteiger partial charge < -0.3 is 15.5 Å². The fourth-order valence-corrected chi connectivity index (χ4v) is 4.60. The van der Waals surface area contributed by atoms with Crippen LogP contribution in [0.5, 0.6) is 5.75 Å². The zero-order valence-corrected chi connectivity index (χ0v) is 23.7. The first-order valence-electron chi connectivity index (χ1n) is 13.1. The number of nitrogens with zero attached hydrogens (tertiary/aromatic N) is 5. The molecule has 41 heavy (non-hydrogen) atoms. The van der Waals surface area contributed by atoms with Crippen molar-refractivity contribution in [1.82, 2.24) is 25.5 Å². The molecule has 0 aliphatic heterocycles. The molecule has 0 spiro atoms. The van der Waals surface area contributed by atoms with Gasteiger partial charge in [0, 0.05) is 20.4 Å². The highest BCUT2D eigenvalue weighted by Crippen LogP contribution is 2.19. The fourth-order valence-electron chi connectivity index (χ4n) is 3.80. The number of amides is 3. The maximum absolute atomic E-state index is 12.5. The van der Waals surface area contributed by atoms with E-state index in [2.05, 4.69) is 31.0 Å². The van der Waals surface area contributed by atoms with E-state index in [1.54, 1.807) is 24.3 Å². The van der Waals surface area contributed by atoms with Crippen LogP contribution in [-0.2, 0) is 40.1 Å². The molecule has 11 nitrogen and oxygen atoms in total. The Balaban J connectivity index is 1.15. The smallest absolute Gasteiger partial charge is 0.251 e. The Morgan fingerprint density at radius 3 is 2.29 bits per heavy atom. The number of aryl methyl sites for hydroxylation is 2. The summed E-state index contributed by atoms with van der Waals surface area (Å²) in [6, 6.07) is 20.2. The largest absolute Gasteiger partial charge is 0.377 e. The van der Waals surface area contributed by atoms with E-state index < -0.39 is 0 Å². The van der Waals surface area contributed by atoms with Gasteiger partial charge in [-0.05, 0) is 54.7 Å². The minimum atomic E-state index is -0.232. The van der Waals surface area contributed by atoms with E-state index in [4.69, 9.17) is 4.84 Å². The zero-order valence-electron chi connectivity index (χ0n) is 22.9. The average molecular weight is 574 g/mol. The number of carbonyl (C=O) groups is 3. The van der Waals surface area contributed by atoms with Gasteiger partial charge in [0.25, 0.3) is 5.91 Å². The lowest BCUT2D eigenvalue weighted by Gasteiger charge is -2.15. The van der Waals surface area contributed by atoms with E-state index >= 15 is 0 Å². The summed E-state index contributed by atoms with van der Waals surface area (Å²) in [6.45, 7) is 1.40. The van der Waals surface area contributed by atoms with Crippen molar-refractivity contribution in [2.75, 3.05) is 17.7 Å². The zero-order chi connectivity index (χ0) is 29.0. The van der Waals surface area contributed by atoms with E-state index in [1.165, 1.54) is 25.3 Å². The number of hydroxylamine groups is 2. The Hall–Kier alpha value is -4.71. The second-order valence-corrected chi connectivity index (χ2v) is 10.4. The first-order chi connectivity index (χ1) is 19.8. The highest BCUT2D eigenvalue weighted by molar-refractivity contribution is 7.15. The monoisotopic (exact) mass is 573 g/mol. The Bertz CT molecular complexity index is 1460. The van der Waals surface area contributed by atoms with E-state index in [9.17, 15) is 14.4 Å². The molecule has 0 fully saturated rings. The van der Waals surface area contributed by atoms with E-state index in [0.717, 1.165) is 52.6 Å². The van der Waals surface area contributed by atoms with Crippen LogP contribution < -0.4 is 15.5 Å². The van der Waals surface area contributed by atoms with Gasteiger partial charge >= 0.3 is 0 Å². The van der Waals surface area contributed by atoms with Crippen molar-refractivity contribution >= 4 is 40.0 Å². The Labute approximate surface area is 241 Å². The summed E-state index contributed by atoms with van der Waals surface area (Å²) >= 11 is 1.35. The molecule has 2 N–H and O–H groups in total. The van der Waals surface area contributed by atoms with Crippen LogP contribution in [0.2, 0.25) is 0 Å². The Morgan fingerprint density at radius 2 is 1.54 bits per heavy atom. The quantitative estimate of drug-likeness (QED) is 0.181. The first kappa shape index (κ1) is 29.3. The lowest BCUT2D eigenvalue weighted by Crippen LogP contribution is -2.27. The lowest BCUT2D eigenvalue weighted by molar-refractivity contribution is -0.149. The molecule has 0 unspecified atom stereocenters. The molecule has 0 radical (unpaired) electrons. The summed E-state index contributed by atoms with van der Waals surface area (Å²) in [7, 11) is 1.52. The fraction of sp³-hybridized carbons (Fsp3) is 0.276. The number of carbonyl (C=O) groups excluding carboxylic acids is 3. The standard InChI is InChI=1S/C29H31N7O4S/c1-20(37)36(2)40-24-13-8-11-22(17-24)19-27(39)31-29-35-34-28(41-29)14-7-6-12-23-15-16-25(33-32-23)30-26(38)18-21-9-4-3-5-10-21/h3-5,8-11,13,15-17H,6-7,12,14,18-19H2,1-2H3,(H,30,33,38)(H,31,35,39). The number of nitrogens with one attached hydrogen (secondary N) is 2. The molecule has 2 aromatic carbocycles. The van der Waals surface area contributed by atoms with Gasteiger partial charge in [-0.15, -0.1) is 15.3 Å². The topological polar surface area (TPSA) is 139 Å². The number of aromatic nitrogens is 4. The van der Waals surface area contributed by atoms with Crippen LogP contribution in [0.15, 0.2) is 66.7 Å². The summed E-state index contributed by atoms with van der Waals surface area (Å²) in [5.41, 5.74) is 2.53. The third kappa shape index (κ3) is 9.76. The molecule has 2 heterocycles. The van der Waals surface area contributed by atoms with Crippen LogP contribution in [0.3, 0.4) is 0 Å². The van der Waals surface area contributed by atoms with Gasteiger partial charge in [0.1, 0.15) is 5.01 Å². The summed E-state index contributed by atoms with van der Waals surface area (Å²) in [5, 5.41) is 24.6. The molecule has 3 amide bonds. The minimum Gasteiger partial charge on any atom is -0.377 e. The Kier molecular flexibility index (Phi) is 10.4. The van der Waals surface area contributed by atoms with Crippen molar-refractivity contribution in [2.45, 2.75) is 45.4 Å². The Morgan fingerprint density at radius 1 is 0.805 bits per heavy atom. The molecule has 0 atom stereocenters. The van der Waals surface area contributed by atoms with Crippen LogP contribution in [0.1, 0.15) is 41.6 Å². The van der Waals surface area contributed by atoms with Crippen LogP contribution in [0.25, 0.3) is 0 Å². The second-order valence-electron chi connectivity index (χ2n) is 9.31. The summed E-state index contributed by atoms with van der Waals surface area (Å²) in [5.74, 6) is 0.315. The minimum absolute atomic E-state index is 0.131. The molecule has 0 saturated heterocycles. The molecule has 12 heteroatoms. The molecular weight excluding hydrogens is 542 g/mol. The van der Waals surface area contributed by atoms with Gasteiger partial charge in [-0.2, -0.15) is 10.2 Å². The average Bonchev–Trinajstić information content (AvgIpc) is 3.39. The number of hydrogen-bond acceptors (Lipinski definition) is 9. The van der Waals surface area contributed by atoms with Crippen LogP contribution in [0, 0.1) is 0 Å². The molecule has 0 bridgehead atoms. The SMILES string of the molecule is CC(=O)N(C)Oc1cccc(CC(=O)Nc2nnc(CCCCc3ccc(NC(=O)Cc4ccccc4)nn3)s2)c1. The molecule has 4 rings (SSSR count). The van der Waals surface area contributed by atoms with Crippen molar-refractivity contribution in [3.8, 4) is 5.75 Å². The summed E-state index contributed by atoms with van der Waals surface area (Å²) in [6.07, 6.45) is 3.66. The third-order valence-electron chi connectivity index (χ3n) is 5.93. The normalized spacial score (nSPS) is 10.6. The van der Waals surface area contributed by atoms with Crippen molar-refractivity contribution < 1.29 is 19.2 Å². The maximum atomic E-state index is 12.5. The van der Waals surface area contributed by atoms with E-state index in [1.807, 2.05) is 42.5 Å². The van der Waals surface area contributed by atoms with Crippen molar-refractivity contribution in [3.63, 3.8) is 0 Å². The molecule has 212 valence electrons. The number of hydrogen-bond donors (Lipinski definition) is 2. The number of rotatable bonds is 13. The molecule has 2 aromatic heterocycles. The predicted octanol–water partition coefficient (Wildman–Crippen LogP) is 4.03. The van der Waals surface area contributed by atoms with Gasteiger partial charge in [0.15, 0.2) is 11.6 Å². The van der Waals surface area contributed by atoms with Crippen LogP contribution in [0.4, 0.5) is 10.9 Å². The molecule has 4 aromatic rings. The second kappa shape index (κ2) is 14.6. The lowest BCUT2D eigenvalue weighted by atomic mass is 10.1. The van der Waals surface area contributed by atoms with E-state index in [0.29, 0.717) is 16.7 Å². The van der Waals surface area contributed by atoms with Crippen LogP contribution in [-0.4, -0.2) is 50.2 Å². The number of unbranched alkanes of at least 4 members (excludes halogenated alkanes) is 1. The highest BCUT2D eigenvalue weighted by atomic mass is 32.1. The number of anilines is 2. The van der Waals surface area contributed by atoms with Gasteiger partial charge in [0.05, 0.1) is 18.5 Å². The first-order valence-corrected chi connectivity index (χ1v) is 14.0. The predicted molar refractivity (Wildman–Crippen MR) is 155 cm³/mol. The van der Waals surface area contributed by atoms with Crippen LogP contribution >= 0.6 is 11.3 Å². The molecule has 0 saturated carbocycles. The summed E-state index contributed by atoms with van der Waals surface area (Å²) in [4.78, 5) is 41.5. The van der Waals surface area contributed by atoms with Gasteiger partial charge in [0.2, 0.25) is 16.9 Å². The number of benzene rings is 2. The van der Waals surface area contributed by atoms with Crippen molar-refractivity contribution in [3.05, 3.63) is 88.6 Å². The summed E-state index contributed by atoms with van der Waals surface area (Å²) < 4.78 is 0. The molecule has 0 aliphatic rings. The van der Waals surface area contributed by atoms with Gasteiger partial charge in [-0.1, -0.05) is 53.8 Å².